The Morgan fingerprint density at radius 2 is 2.05 bits per heavy atom. The monoisotopic (exact) mass is 282 g/mol. The maximum atomic E-state index is 11.7. The molecule has 4 nitrogen and oxygen atoms in total. The minimum Gasteiger partial charge on any atom is -0.393 e. The molecule has 0 aromatic heterocycles. The van der Waals surface area contributed by atoms with E-state index in [1.807, 2.05) is 12.1 Å². The summed E-state index contributed by atoms with van der Waals surface area (Å²) in [6, 6.07) is 7.25. The second-order valence-corrected chi connectivity index (χ2v) is 5.41. The number of carbonyl (C=O) groups excluding carboxylic acids is 1. The zero-order chi connectivity index (χ0) is 13.7. The molecule has 2 rings (SSSR count). The van der Waals surface area contributed by atoms with E-state index in [4.69, 9.17) is 11.6 Å². The molecule has 1 aromatic carbocycles. The Labute approximate surface area is 118 Å². The van der Waals surface area contributed by atoms with E-state index in [1.165, 1.54) is 0 Å². The molecule has 1 aromatic rings. The van der Waals surface area contributed by atoms with Crippen molar-refractivity contribution in [1.82, 2.24) is 10.6 Å². The number of amides is 2. The van der Waals surface area contributed by atoms with E-state index in [0.29, 0.717) is 18.0 Å². The van der Waals surface area contributed by atoms with Crippen molar-refractivity contribution in [3.05, 3.63) is 34.9 Å². The number of urea groups is 1. The summed E-state index contributed by atoms with van der Waals surface area (Å²) in [4.78, 5) is 11.7. The molecule has 0 saturated heterocycles. The van der Waals surface area contributed by atoms with Crippen LogP contribution in [-0.4, -0.2) is 23.3 Å². The largest absolute Gasteiger partial charge is 0.393 e. The van der Waals surface area contributed by atoms with E-state index in [9.17, 15) is 9.90 Å². The van der Waals surface area contributed by atoms with Crippen LogP contribution in [0.25, 0.3) is 0 Å². The molecule has 0 heterocycles. The molecule has 0 unspecified atom stereocenters. The number of nitrogens with one attached hydrogen (secondary N) is 2. The molecule has 0 radical (unpaired) electrons. The average Bonchev–Trinajstić information content (AvgIpc) is 2.38. The summed E-state index contributed by atoms with van der Waals surface area (Å²) in [7, 11) is 0. The van der Waals surface area contributed by atoms with Crippen LogP contribution in [0.1, 0.15) is 31.2 Å². The molecular formula is C14H19ClN2O2. The molecule has 0 bridgehead atoms. The third-order valence-electron chi connectivity index (χ3n) is 3.35. The van der Waals surface area contributed by atoms with Gasteiger partial charge in [-0.2, -0.15) is 0 Å². The topological polar surface area (TPSA) is 61.4 Å². The van der Waals surface area contributed by atoms with Gasteiger partial charge < -0.3 is 15.7 Å². The minimum absolute atomic E-state index is 0.0777. The Hall–Kier alpha value is -1.26. The van der Waals surface area contributed by atoms with Crippen LogP contribution < -0.4 is 10.6 Å². The zero-order valence-corrected chi connectivity index (χ0v) is 11.5. The fourth-order valence-electron chi connectivity index (χ4n) is 2.32. The number of halogens is 1. The Kier molecular flexibility index (Phi) is 5.05. The van der Waals surface area contributed by atoms with Crippen molar-refractivity contribution < 1.29 is 9.90 Å². The van der Waals surface area contributed by atoms with E-state index in [1.54, 1.807) is 12.1 Å². The van der Waals surface area contributed by atoms with Crippen LogP contribution in [0.15, 0.2) is 24.3 Å². The molecule has 104 valence electrons. The number of hydrogen-bond donors (Lipinski definition) is 3. The summed E-state index contributed by atoms with van der Waals surface area (Å²) in [6.07, 6.45) is 3.10. The van der Waals surface area contributed by atoms with Gasteiger partial charge in [0.2, 0.25) is 0 Å². The summed E-state index contributed by atoms with van der Waals surface area (Å²) in [5, 5.41) is 15.9. The van der Waals surface area contributed by atoms with Crippen molar-refractivity contribution in [2.45, 2.75) is 44.4 Å². The number of benzene rings is 1. The Morgan fingerprint density at radius 3 is 2.74 bits per heavy atom. The summed E-state index contributed by atoms with van der Waals surface area (Å²) in [6.45, 7) is 0.471. The standard InChI is InChI=1S/C14H19ClN2O2/c15-11-6-4-10(5-7-11)9-16-14(19)17-12-2-1-3-13(18)8-12/h4-7,12-13,18H,1-3,8-9H2,(H2,16,17,19)/t12-,13-/m0/s1. The van der Waals surface area contributed by atoms with Crippen molar-refractivity contribution in [2.75, 3.05) is 0 Å². The predicted octanol–water partition coefficient (Wildman–Crippen LogP) is 2.44. The highest BCUT2D eigenvalue weighted by Crippen LogP contribution is 2.18. The highest BCUT2D eigenvalue weighted by Gasteiger charge is 2.21. The van der Waals surface area contributed by atoms with Crippen molar-refractivity contribution in [3.63, 3.8) is 0 Å². The first-order valence-corrected chi connectivity index (χ1v) is 6.98. The van der Waals surface area contributed by atoms with Gasteiger partial charge in [0.05, 0.1) is 6.10 Å². The lowest BCUT2D eigenvalue weighted by atomic mass is 9.93. The van der Waals surface area contributed by atoms with Crippen LogP contribution in [0.4, 0.5) is 4.79 Å². The lowest BCUT2D eigenvalue weighted by Gasteiger charge is -2.26. The molecule has 5 heteroatoms. The van der Waals surface area contributed by atoms with Crippen molar-refractivity contribution in [1.29, 1.82) is 0 Å². The fourth-order valence-corrected chi connectivity index (χ4v) is 2.44. The first-order chi connectivity index (χ1) is 9.13. The van der Waals surface area contributed by atoms with Crippen molar-refractivity contribution >= 4 is 17.6 Å². The summed E-state index contributed by atoms with van der Waals surface area (Å²) in [5.41, 5.74) is 1.00. The molecule has 1 saturated carbocycles. The quantitative estimate of drug-likeness (QED) is 0.797. The molecule has 19 heavy (non-hydrogen) atoms. The van der Waals surface area contributed by atoms with Gasteiger partial charge >= 0.3 is 6.03 Å². The molecule has 1 fully saturated rings. The number of aliphatic hydroxyl groups excluding tert-OH is 1. The predicted molar refractivity (Wildman–Crippen MR) is 75.1 cm³/mol. The molecular weight excluding hydrogens is 264 g/mol. The summed E-state index contributed by atoms with van der Waals surface area (Å²) < 4.78 is 0. The third-order valence-corrected chi connectivity index (χ3v) is 3.60. The van der Waals surface area contributed by atoms with Gasteiger partial charge in [-0.3, -0.25) is 0 Å². The van der Waals surface area contributed by atoms with Gasteiger partial charge in [0.1, 0.15) is 0 Å². The van der Waals surface area contributed by atoms with Gasteiger partial charge in [-0.15, -0.1) is 0 Å². The number of rotatable bonds is 3. The molecule has 2 amide bonds. The maximum Gasteiger partial charge on any atom is 0.315 e. The Bertz CT molecular complexity index is 422. The number of carbonyl (C=O) groups is 1. The number of hydrogen-bond acceptors (Lipinski definition) is 2. The third kappa shape index (κ3) is 4.73. The second kappa shape index (κ2) is 6.78. The van der Waals surface area contributed by atoms with Crippen LogP contribution in [-0.2, 0) is 6.54 Å². The van der Waals surface area contributed by atoms with Crippen molar-refractivity contribution in [2.24, 2.45) is 0 Å². The fraction of sp³-hybridized carbons (Fsp3) is 0.500. The van der Waals surface area contributed by atoms with Crippen LogP contribution in [0, 0.1) is 0 Å². The zero-order valence-electron chi connectivity index (χ0n) is 10.7. The minimum atomic E-state index is -0.282. The second-order valence-electron chi connectivity index (χ2n) is 4.97. The van der Waals surface area contributed by atoms with E-state index in [0.717, 1.165) is 24.8 Å². The Balaban J connectivity index is 1.73. The van der Waals surface area contributed by atoms with Gasteiger partial charge in [0.25, 0.3) is 0 Å². The van der Waals surface area contributed by atoms with Crippen LogP contribution in [0.5, 0.6) is 0 Å². The van der Waals surface area contributed by atoms with Crippen LogP contribution >= 0.6 is 11.6 Å². The van der Waals surface area contributed by atoms with Gasteiger partial charge in [-0.05, 0) is 43.4 Å². The van der Waals surface area contributed by atoms with Gasteiger partial charge in [0, 0.05) is 17.6 Å². The normalized spacial score (nSPS) is 22.8. The van der Waals surface area contributed by atoms with E-state index in [-0.39, 0.29) is 18.2 Å². The number of aliphatic hydroxyl groups is 1. The molecule has 1 aliphatic rings. The van der Waals surface area contributed by atoms with E-state index >= 15 is 0 Å². The van der Waals surface area contributed by atoms with E-state index in [2.05, 4.69) is 10.6 Å². The molecule has 1 aliphatic carbocycles. The first-order valence-electron chi connectivity index (χ1n) is 6.60. The van der Waals surface area contributed by atoms with Gasteiger partial charge in [-0.1, -0.05) is 23.7 Å². The van der Waals surface area contributed by atoms with E-state index < -0.39 is 0 Å². The highest BCUT2D eigenvalue weighted by atomic mass is 35.5. The molecule has 3 N–H and O–H groups in total. The van der Waals surface area contributed by atoms with Crippen LogP contribution in [0.2, 0.25) is 5.02 Å². The SMILES string of the molecule is O=C(NCc1ccc(Cl)cc1)N[C@H]1CCC[C@H](O)C1. The summed E-state index contributed by atoms with van der Waals surface area (Å²) in [5.74, 6) is 0. The van der Waals surface area contributed by atoms with Crippen LogP contribution in [0.3, 0.4) is 0 Å². The maximum absolute atomic E-state index is 11.7. The Morgan fingerprint density at radius 1 is 1.32 bits per heavy atom. The molecule has 0 spiro atoms. The molecule has 0 aliphatic heterocycles. The van der Waals surface area contributed by atoms with Crippen molar-refractivity contribution in [3.8, 4) is 0 Å². The lowest BCUT2D eigenvalue weighted by molar-refractivity contribution is 0.113. The average molecular weight is 283 g/mol. The highest BCUT2D eigenvalue weighted by molar-refractivity contribution is 6.30. The summed E-state index contributed by atoms with van der Waals surface area (Å²) >= 11 is 5.79. The lowest BCUT2D eigenvalue weighted by Crippen LogP contribution is -2.44. The molecule has 2 atom stereocenters. The van der Waals surface area contributed by atoms with Gasteiger partial charge in [-0.25, -0.2) is 4.79 Å². The first kappa shape index (κ1) is 14.2. The smallest absolute Gasteiger partial charge is 0.315 e. The van der Waals surface area contributed by atoms with Gasteiger partial charge in [0.15, 0.2) is 0 Å².